The molecule has 0 N–H and O–H groups in total. The highest BCUT2D eigenvalue weighted by atomic mass is 32.2. The maximum Gasteiger partial charge on any atom is 0.257 e. The first-order valence-corrected chi connectivity index (χ1v) is 11.8. The van der Waals surface area contributed by atoms with E-state index in [0.717, 1.165) is 19.4 Å². The molecular formula is C20H28N2O4S. The third kappa shape index (κ3) is 3.99. The largest absolute Gasteiger partial charge is 0.489 e. The van der Waals surface area contributed by atoms with Gasteiger partial charge in [-0.3, -0.25) is 4.79 Å². The lowest BCUT2D eigenvalue weighted by Crippen LogP contribution is -2.41. The molecule has 0 radical (unpaired) electrons. The summed E-state index contributed by atoms with van der Waals surface area (Å²) in [5.41, 5.74) is 0.635. The number of benzene rings is 1. The summed E-state index contributed by atoms with van der Waals surface area (Å²) in [4.78, 5) is 15.2. The van der Waals surface area contributed by atoms with Gasteiger partial charge in [0.25, 0.3) is 5.91 Å². The van der Waals surface area contributed by atoms with E-state index in [1.807, 2.05) is 29.2 Å². The second kappa shape index (κ2) is 7.43. The number of ether oxygens (including phenoxy) is 1. The zero-order valence-corrected chi connectivity index (χ0v) is 16.7. The lowest BCUT2D eigenvalue weighted by molar-refractivity contribution is 0.0721. The summed E-state index contributed by atoms with van der Waals surface area (Å²) in [6.45, 7) is 1.80. The highest BCUT2D eigenvalue weighted by molar-refractivity contribution is 7.88. The van der Waals surface area contributed by atoms with E-state index in [9.17, 15) is 13.2 Å². The van der Waals surface area contributed by atoms with E-state index < -0.39 is 10.0 Å². The molecular weight excluding hydrogens is 364 g/mol. The molecule has 6 nitrogen and oxygen atoms in total. The van der Waals surface area contributed by atoms with Crippen LogP contribution in [-0.4, -0.2) is 61.6 Å². The standard InChI is InChI=1S/C20H28N2O4S/c1-27(24,25)21-11-9-17(10-12-21)26-19-8-3-2-7-18(19)20(23)22-14-15-5-4-6-16(22)13-15/h2-3,7-8,15-17H,4-6,9-14H2,1H3/t15-,16+/m0/s1. The van der Waals surface area contributed by atoms with Crippen molar-refractivity contribution in [1.29, 1.82) is 0 Å². The molecule has 1 aliphatic carbocycles. The van der Waals surface area contributed by atoms with Crippen LogP contribution in [0.1, 0.15) is 48.9 Å². The van der Waals surface area contributed by atoms with Gasteiger partial charge in [0.2, 0.25) is 10.0 Å². The fourth-order valence-electron chi connectivity index (χ4n) is 4.75. The van der Waals surface area contributed by atoms with Crippen molar-refractivity contribution in [2.24, 2.45) is 5.92 Å². The second-order valence-electron chi connectivity index (χ2n) is 8.12. The molecule has 3 aliphatic rings. The average Bonchev–Trinajstić information content (AvgIpc) is 2.95. The van der Waals surface area contributed by atoms with Gasteiger partial charge in [0, 0.05) is 25.7 Å². The number of hydrogen-bond acceptors (Lipinski definition) is 4. The summed E-state index contributed by atoms with van der Waals surface area (Å²) in [7, 11) is -3.15. The lowest BCUT2D eigenvalue weighted by Gasteiger charge is -2.31. The van der Waals surface area contributed by atoms with E-state index in [-0.39, 0.29) is 12.0 Å². The monoisotopic (exact) mass is 392 g/mol. The molecule has 1 aromatic carbocycles. The smallest absolute Gasteiger partial charge is 0.257 e. The quantitative estimate of drug-likeness (QED) is 0.790. The van der Waals surface area contributed by atoms with E-state index in [1.165, 1.54) is 23.4 Å². The lowest BCUT2D eigenvalue weighted by atomic mass is 9.90. The second-order valence-corrected chi connectivity index (χ2v) is 10.1. The number of rotatable bonds is 4. The van der Waals surface area contributed by atoms with Crippen LogP contribution in [0.15, 0.2) is 24.3 Å². The van der Waals surface area contributed by atoms with E-state index >= 15 is 0 Å². The SMILES string of the molecule is CS(=O)(=O)N1CCC(Oc2ccccc2C(=O)N2C[C@H]3CCC[C@@H]2C3)CC1. The summed E-state index contributed by atoms with van der Waals surface area (Å²) in [6, 6.07) is 7.86. The Bertz CT molecular complexity index is 802. The Balaban J connectivity index is 1.45. The van der Waals surface area contributed by atoms with Crippen molar-refractivity contribution in [3.05, 3.63) is 29.8 Å². The third-order valence-electron chi connectivity index (χ3n) is 6.19. The number of carbonyl (C=O) groups is 1. The molecule has 148 valence electrons. The van der Waals surface area contributed by atoms with Crippen LogP contribution in [0.4, 0.5) is 0 Å². The molecule has 2 atom stereocenters. The normalized spacial score (nSPS) is 26.9. The predicted octanol–water partition coefficient (Wildman–Crippen LogP) is 2.50. The van der Waals surface area contributed by atoms with Crippen molar-refractivity contribution >= 4 is 15.9 Å². The van der Waals surface area contributed by atoms with Gasteiger partial charge in [0.05, 0.1) is 11.8 Å². The molecule has 27 heavy (non-hydrogen) atoms. The van der Waals surface area contributed by atoms with Crippen molar-refractivity contribution in [1.82, 2.24) is 9.21 Å². The van der Waals surface area contributed by atoms with E-state index in [1.54, 1.807) is 0 Å². The van der Waals surface area contributed by atoms with Gasteiger partial charge < -0.3 is 9.64 Å². The van der Waals surface area contributed by atoms with Gasteiger partial charge >= 0.3 is 0 Å². The zero-order valence-electron chi connectivity index (χ0n) is 15.8. The molecule has 0 spiro atoms. The highest BCUT2D eigenvalue weighted by Crippen LogP contribution is 2.37. The first kappa shape index (κ1) is 18.7. The first-order chi connectivity index (χ1) is 12.9. The molecule has 7 heteroatoms. The third-order valence-corrected chi connectivity index (χ3v) is 7.50. The number of piperidine rings is 1. The zero-order chi connectivity index (χ0) is 19.0. The Morgan fingerprint density at radius 3 is 2.56 bits per heavy atom. The van der Waals surface area contributed by atoms with E-state index in [0.29, 0.717) is 49.2 Å². The predicted molar refractivity (Wildman–Crippen MR) is 103 cm³/mol. The summed E-state index contributed by atoms with van der Waals surface area (Å²) in [5.74, 6) is 1.36. The van der Waals surface area contributed by atoms with Crippen LogP contribution < -0.4 is 4.74 Å². The van der Waals surface area contributed by atoms with E-state index in [4.69, 9.17) is 4.74 Å². The van der Waals surface area contributed by atoms with Crippen LogP contribution in [-0.2, 0) is 10.0 Å². The summed E-state index contributed by atoms with van der Waals surface area (Å²) in [6.07, 6.45) is 7.17. The molecule has 2 heterocycles. The molecule has 4 rings (SSSR count). The Morgan fingerprint density at radius 1 is 1.11 bits per heavy atom. The number of fused-ring (bicyclic) bond motifs is 2. The van der Waals surface area contributed by atoms with Gasteiger partial charge in [-0.05, 0) is 50.2 Å². The molecule has 1 saturated carbocycles. The minimum absolute atomic E-state index is 0.0604. The number of hydrogen-bond donors (Lipinski definition) is 0. The van der Waals surface area contributed by atoms with Crippen LogP contribution in [0, 0.1) is 5.92 Å². The number of para-hydroxylation sites is 1. The molecule has 2 aliphatic heterocycles. The summed E-state index contributed by atoms with van der Waals surface area (Å²) in [5, 5.41) is 0. The molecule has 2 saturated heterocycles. The topological polar surface area (TPSA) is 66.9 Å². The summed E-state index contributed by atoms with van der Waals surface area (Å²) < 4.78 is 31.0. The Morgan fingerprint density at radius 2 is 1.85 bits per heavy atom. The minimum Gasteiger partial charge on any atom is -0.489 e. The Kier molecular flexibility index (Phi) is 5.16. The molecule has 2 bridgehead atoms. The molecule has 0 unspecified atom stereocenters. The Labute approximate surface area is 161 Å². The van der Waals surface area contributed by atoms with Gasteiger partial charge in [-0.2, -0.15) is 0 Å². The van der Waals surface area contributed by atoms with Gasteiger partial charge in [-0.25, -0.2) is 12.7 Å². The number of carbonyl (C=O) groups excluding carboxylic acids is 1. The average molecular weight is 393 g/mol. The fraction of sp³-hybridized carbons (Fsp3) is 0.650. The highest BCUT2D eigenvalue weighted by Gasteiger charge is 2.38. The van der Waals surface area contributed by atoms with Crippen molar-refractivity contribution in [2.45, 2.75) is 50.7 Å². The van der Waals surface area contributed by atoms with Gasteiger partial charge in [-0.1, -0.05) is 18.6 Å². The van der Waals surface area contributed by atoms with E-state index in [2.05, 4.69) is 0 Å². The molecule has 1 amide bonds. The van der Waals surface area contributed by atoms with Crippen LogP contribution in [0.25, 0.3) is 0 Å². The maximum absolute atomic E-state index is 13.2. The van der Waals surface area contributed by atoms with Crippen molar-refractivity contribution in [3.63, 3.8) is 0 Å². The molecule has 0 aromatic heterocycles. The number of sulfonamides is 1. The minimum atomic E-state index is -3.15. The van der Waals surface area contributed by atoms with Crippen molar-refractivity contribution in [2.75, 3.05) is 25.9 Å². The van der Waals surface area contributed by atoms with Crippen molar-refractivity contribution < 1.29 is 17.9 Å². The van der Waals surface area contributed by atoms with Crippen LogP contribution in [0.3, 0.4) is 0 Å². The summed E-state index contributed by atoms with van der Waals surface area (Å²) >= 11 is 0. The first-order valence-electron chi connectivity index (χ1n) is 9.93. The molecule has 3 fully saturated rings. The fourth-order valence-corrected chi connectivity index (χ4v) is 5.62. The van der Waals surface area contributed by atoms with Crippen molar-refractivity contribution in [3.8, 4) is 5.75 Å². The van der Waals surface area contributed by atoms with Crippen LogP contribution in [0.5, 0.6) is 5.75 Å². The van der Waals surface area contributed by atoms with Crippen LogP contribution in [0.2, 0.25) is 0 Å². The number of likely N-dealkylation sites (tertiary alicyclic amines) is 1. The number of amides is 1. The van der Waals surface area contributed by atoms with Gasteiger partial charge in [0.15, 0.2) is 0 Å². The Hall–Kier alpha value is -1.60. The molecule has 1 aromatic rings. The number of nitrogens with zero attached hydrogens (tertiary/aromatic N) is 2. The van der Waals surface area contributed by atoms with Gasteiger partial charge in [0.1, 0.15) is 11.9 Å². The maximum atomic E-state index is 13.2. The van der Waals surface area contributed by atoms with Gasteiger partial charge in [-0.15, -0.1) is 0 Å². The van der Waals surface area contributed by atoms with Crippen LogP contribution >= 0.6 is 0 Å².